The van der Waals surface area contributed by atoms with Gasteiger partial charge in [-0.15, -0.1) is 0 Å². The van der Waals surface area contributed by atoms with Crippen LogP contribution in [0, 0.1) is 12.8 Å². The van der Waals surface area contributed by atoms with E-state index in [1.807, 2.05) is 6.07 Å². The third-order valence-electron chi connectivity index (χ3n) is 3.01. The van der Waals surface area contributed by atoms with Crippen LogP contribution in [0.4, 0.5) is 0 Å². The topological polar surface area (TPSA) is 25.2 Å². The smallest absolute Gasteiger partial charge is 0.123 e. The standard InChI is InChI=1S/C13H23NO/c1-5-8-14-12(10(3)6-2)13-11(4)7-9-15-13/h7,9-10,12,14H,5-6,8H2,1-4H3. The molecule has 0 aliphatic rings. The fraction of sp³-hybridized carbons (Fsp3) is 0.692. The molecule has 2 atom stereocenters. The molecule has 0 spiro atoms. The van der Waals surface area contributed by atoms with Gasteiger partial charge in [0.25, 0.3) is 0 Å². The molecule has 0 saturated heterocycles. The van der Waals surface area contributed by atoms with E-state index in [1.165, 1.54) is 12.0 Å². The van der Waals surface area contributed by atoms with E-state index in [0.717, 1.165) is 18.7 Å². The highest BCUT2D eigenvalue weighted by molar-refractivity contribution is 5.18. The molecule has 86 valence electrons. The minimum Gasteiger partial charge on any atom is -0.467 e. The Kier molecular flexibility index (Phi) is 4.89. The van der Waals surface area contributed by atoms with Gasteiger partial charge in [-0.1, -0.05) is 27.2 Å². The lowest BCUT2D eigenvalue weighted by atomic mass is 9.95. The fourth-order valence-electron chi connectivity index (χ4n) is 1.79. The van der Waals surface area contributed by atoms with Crippen LogP contribution in [0.25, 0.3) is 0 Å². The molecule has 0 aliphatic heterocycles. The number of nitrogens with one attached hydrogen (secondary N) is 1. The van der Waals surface area contributed by atoms with Gasteiger partial charge in [-0.3, -0.25) is 0 Å². The number of aryl methyl sites for hydroxylation is 1. The first-order chi connectivity index (χ1) is 7.20. The number of furan rings is 1. The SMILES string of the molecule is CCCNC(c1occc1C)C(C)CC. The Hall–Kier alpha value is -0.760. The van der Waals surface area contributed by atoms with E-state index in [2.05, 4.69) is 33.0 Å². The summed E-state index contributed by atoms with van der Waals surface area (Å²) in [6.45, 7) is 9.85. The normalized spacial score (nSPS) is 15.2. The van der Waals surface area contributed by atoms with Crippen LogP contribution >= 0.6 is 0 Å². The molecule has 1 aromatic rings. The van der Waals surface area contributed by atoms with Gasteiger partial charge < -0.3 is 9.73 Å². The lowest BCUT2D eigenvalue weighted by Crippen LogP contribution is -2.27. The van der Waals surface area contributed by atoms with Crippen LogP contribution in [0.3, 0.4) is 0 Å². The molecule has 1 rings (SSSR count). The minimum atomic E-state index is 0.366. The molecule has 2 heteroatoms. The van der Waals surface area contributed by atoms with Crippen molar-refractivity contribution < 1.29 is 4.42 Å². The van der Waals surface area contributed by atoms with E-state index < -0.39 is 0 Å². The lowest BCUT2D eigenvalue weighted by molar-refractivity contribution is 0.318. The quantitative estimate of drug-likeness (QED) is 0.773. The van der Waals surface area contributed by atoms with Crippen LogP contribution < -0.4 is 5.32 Å². The Morgan fingerprint density at radius 1 is 1.40 bits per heavy atom. The van der Waals surface area contributed by atoms with Crippen molar-refractivity contribution in [3.8, 4) is 0 Å². The van der Waals surface area contributed by atoms with Crippen LogP contribution in [-0.2, 0) is 0 Å². The number of rotatable bonds is 6. The van der Waals surface area contributed by atoms with Crippen LogP contribution in [0.2, 0.25) is 0 Å². The maximum atomic E-state index is 5.58. The second-order valence-corrected chi connectivity index (χ2v) is 4.29. The van der Waals surface area contributed by atoms with E-state index in [1.54, 1.807) is 6.26 Å². The second-order valence-electron chi connectivity index (χ2n) is 4.29. The first kappa shape index (κ1) is 12.3. The summed E-state index contributed by atoms with van der Waals surface area (Å²) in [6, 6.07) is 2.41. The third kappa shape index (κ3) is 3.10. The van der Waals surface area contributed by atoms with Gasteiger partial charge in [0.15, 0.2) is 0 Å². The monoisotopic (exact) mass is 209 g/mol. The van der Waals surface area contributed by atoms with Crippen molar-refractivity contribution in [2.45, 2.75) is 46.6 Å². The van der Waals surface area contributed by atoms with Gasteiger partial charge in [-0.25, -0.2) is 0 Å². The zero-order chi connectivity index (χ0) is 11.3. The molecular weight excluding hydrogens is 186 g/mol. The molecule has 0 amide bonds. The first-order valence-corrected chi connectivity index (χ1v) is 5.98. The van der Waals surface area contributed by atoms with Crippen LogP contribution in [-0.4, -0.2) is 6.54 Å². The highest BCUT2D eigenvalue weighted by Gasteiger charge is 2.21. The van der Waals surface area contributed by atoms with E-state index in [-0.39, 0.29) is 0 Å². The predicted molar refractivity (Wildman–Crippen MR) is 63.9 cm³/mol. The Labute approximate surface area is 93.1 Å². The molecule has 0 fully saturated rings. The summed E-state index contributed by atoms with van der Waals surface area (Å²) in [6.07, 6.45) is 4.11. The molecule has 1 heterocycles. The molecule has 2 nitrogen and oxygen atoms in total. The van der Waals surface area contributed by atoms with Crippen molar-refractivity contribution >= 4 is 0 Å². The second kappa shape index (κ2) is 5.96. The summed E-state index contributed by atoms with van der Waals surface area (Å²) < 4.78 is 5.58. The lowest BCUT2D eigenvalue weighted by Gasteiger charge is -2.23. The van der Waals surface area contributed by atoms with Crippen molar-refractivity contribution in [1.82, 2.24) is 5.32 Å². The number of hydrogen-bond acceptors (Lipinski definition) is 2. The molecule has 15 heavy (non-hydrogen) atoms. The third-order valence-corrected chi connectivity index (χ3v) is 3.01. The first-order valence-electron chi connectivity index (χ1n) is 5.98. The number of hydrogen-bond donors (Lipinski definition) is 1. The molecule has 0 aromatic carbocycles. The zero-order valence-corrected chi connectivity index (χ0v) is 10.3. The highest BCUT2D eigenvalue weighted by atomic mass is 16.3. The van der Waals surface area contributed by atoms with Crippen molar-refractivity contribution in [3.63, 3.8) is 0 Å². The van der Waals surface area contributed by atoms with Crippen LogP contribution in [0.15, 0.2) is 16.7 Å². The van der Waals surface area contributed by atoms with Crippen LogP contribution in [0.5, 0.6) is 0 Å². The average Bonchev–Trinajstić information content (AvgIpc) is 2.65. The van der Waals surface area contributed by atoms with Gasteiger partial charge in [-0.2, -0.15) is 0 Å². The maximum Gasteiger partial charge on any atom is 0.123 e. The van der Waals surface area contributed by atoms with Crippen molar-refractivity contribution in [1.29, 1.82) is 0 Å². The van der Waals surface area contributed by atoms with E-state index in [4.69, 9.17) is 4.42 Å². The largest absolute Gasteiger partial charge is 0.467 e. The van der Waals surface area contributed by atoms with Gasteiger partial charge in [0.1, 0.15) is 5.76 Å². The van der Waals surface area contributed by atoms with Gasteiger partial charge in [-0.05, 0) is 37.4 Å². The van der Waals surface area contributed by atoms with Crippen molar-refractivity contribution in [3.05, 3.63) is 23.7 Å². The Morgan fingerprint density at radius 2 is 2.13 bits per heavy atom. The molecule has 0 saturated carbocycles. The van der Waals surface area contributed by atoms with Crippen molar-refractivity contribution in [2.24, 2.45) is 5.92 Å². The van der Waals surface area contributed by atoms with E-state index >= 15 is 0 Å². The molecular formula is C13H23NO. The molecule has 0 radical (unpaired) electrons. The summed E-state index contributed by atoms with van der Waals surface area (Å²) in [4.78, 5) is 0. The highest BCUT2D eigenvalue weighted by Crippen LogP contribution is 2.27. The van der Waals surface area contributed by atoms with Crippen LogP contribution in [0.1, 0.15) is 51.0 Å². The Balaban J connectivity index is 2.76. The summed E-state index contributed by atoms with van der Waals surface area (Å²) in [5.74, 6) is 1.72. The Bertz CT molecular complexity index is 280. The van der Waals surface area contributed by atoms with Gasteiger partial charge in [0, 0.05) is 0 Å². The molecule has 0 bridgehead atoms. The molecule has 1 aromatic heterocycles. The van der Waals surface area contributed by atoms with Gasteiger partial charge >= 0.3 is 0 Å². The summed E-state index contributed by atoms with van der Waals surface area (Å²) >= 11 is 0. The summed E-state index contributed by atoms with van der Waals surface area (Å²) in [5, 5.41) is 3.57. The molecule has 0 aliphatic carbocycles. The van der Waals surface area contributed by atoms with Gasteiger partial charge in [0.05, 0.1) is 12.3 Å². The molecule has 1 N–H and O–H groups in total. The fourth-order valence-corrected chi connectivity index (χ4v) is 1.79. The summed E-state index contributed by atoms with van der Waals surface area (Å²) in [7, 11) is 0. The van der Waals surface area contributed by atoms with Gasteiger partial charge in [0.2, 0.25) is 0 Å². The molecule has 2 unspecified atom stereocenters. The maximum absolute atomic E-state index is 5.58. The van der Waals surface area contributed by atoms with Crippen molar-refractivity contribution in [2.75, 3.05) is 6.54 Å². The summed E-state index contributed by atoms with van der Waals surface area (Å²) in [5.41, 5.74) is 1.25. The Morgan fingerprint density at radius 3 is 2.60 bits per heavy atom. The van der Waals surface area contributed by atoms with E-state index in [9.17, 15) is 0 Å². The zero-order valence-electron chi connectivity index (χ0n) is 10.3. The minimum absolute atomic E-state index is 0.366. The predicted octanol–water partition coefficient (Wildman–Crippen LogP) is 3.67. The van der Waals surface area contributed by atoms with E-state index in [0.29, 0.717) is 12.0 Å². The average molecular weight is 209 g/mol.